The van der Waals surface area contributed by atoms with E-state index < -0.39 is 0 Å². The Balaban J connectivity index is 1.52. The Morgan fingerprint density at radius 1 is 1.14 bits per heavy atom. The molecule has 0 fully saturated rings. The summed E-state index contributed by atoms with van der Waals surface area (Å²) in [4.78, 5) is 7.99. The highest BCUT2D eigenvalue weighted by atomic mass is 16.3. The molecule has 4 N–H and O–H groups in total. The fourth-order valence-corrected chi connectivity index (χ4v) is 3.98. The van der Waals surface area contributed by atoms with Crippen LogP contribution in [0.2, 0.25) is 0 Å². The molecule has 2 aromatic carbocycles. The molecule has 146 valence electrons. The average molecular weight is 385 g/mol. The zero-order chi connectivity index (χ0) is 19.8. The van der Waals surface area contributed by atoms with Crippen LogP contribution in [-0.2, 0) is 6.42 Å². The molecule has 1 aliphatic rings. The lowest BCUT2D eigenvalue weighted by molar-refractivity contribution is 0.474. The Hall–Kier alpha value is -3.38. The number of hydrogen-bond acceptors (Lipinski definition) is 4. The van der Waals surface area contributed by atoms with Crippen molar-refractivity contribution in [2.75, 3.05) is 13.1 Å². The average Bonchev–Trinajstić information content (AvgIpc) is 3.41. The molecule has 0 saturated carbocycles. The van der Waals surface area contributed by atoms with E-state index in [1.54, 1.807) is 6.07 Å². The quantitative estimate of drug-likeness (QED) is 0.422. The SMILES string of the molecule is CCc1cc(O)ccc1-c1ccc2c(-c3ncc(C4=CCCNC4)[nH]3)n[nH]c2c1. The first-order chi connectivity index (χ1) is 14.2. The molecule has 5 rings (SSSR count). The number of nitrogens with one attached hydrogen (secondary N) is 3. The van der Waals surface area contributed by atoms with Crippen LogP contribution in [-0.4, -0.2) is 38.4 Å². The van der Waals surface area contributed by atoms with Crippen LogP contribution >= 0.6 is 0 Å². The van der Waals surface area contributed by atoms with E-state index in [0.29, 0.717) is 5.75 Å². The number of nitrogens with zero attached hydrogens (tertiary/aromatic N) is 2. The lowest BCUT2D eigenvalue weighted by atomic mass is 9.97. The zero-order valence-electron chi connectivity index (χ0n) is 16.3. The summed E-state index contributed by atoms with van der Waals surface area (Å²) in [5, 5.41) is 21.9. The van der Waals surface area contributed by atoms with Gasteiger partial charge in [0.05, 0.1) is 17.4 Å². The summed E-state index contributed by atoms with van der Waals surface area (Å²) >= 11 is 0. The van der Waals surface area contributed by atoms with Gasteiger partial charge >= 0.3 is 0 Å². The van der Waals surface area contributed by atoms with Gasteiger partial charge in [-0.3, -0.25) is 5.10 Å². The highest BCUT2D eigenvalue weighted by Gasteiger charge is 2.15. The number of imidazole rings is 1. The molecule has 0 bridgehead atoms. The molecule has 2 aromatic heterocycles. The van der Waals surface area contributed by atoms with E-state index in [4.69, 9.17) is 0 Å². The van der Waals surface area contributed by atoms with Crippen molar-refractivity contribution < 1.29 is 5.11 Å². The highest BCUT2D eigenvalue weighted by molar-refractivity contribution is 5.94. The van der Waals surface area contributed by atoms with Gasteiger partial charge in [0.25, 0.3) is 0 Å². The van der Waals surface area contributed by atoms with E-state index >= 15 is 0 Å². The summed E-state index contributed by atoms with van der Waals surface area (Å²) in [5.41, 5.74) is 7.42. The number of H-pyrrole nitrogens is 2. The van der Waals surface area contributed by atoms with Crippen LogP contribution in [0, 0.1) is 0 Å². The molecule has 1 aliphatic heterocycles. The minimum atomic E-state index is 0.299. The second-order valence-electron chi connectivity index (χ2n) is 7.37. The fraction of sp³-hybridized carbons (Fsp3) is 0.217. The van der Waals surface area contributed by atoms with Gasteiger partial charge in [-0.05, 0) is 65.9 Å². The normalized spacial score (nSPS) is 14.3. The number of aryl methyl sites for hydroxylation is 1. The molecule has 3 heterocycles. The van der Waals surface area contributed by atoms with Gasteiger partial charge in [-0.2, -0.15) is 5.10 Å². The third-order valence-electron chi connectivity index (χ3n) is 5.52. The monoisotopic (exact) mass is 385 g/mol. The molecule has 4 aromatic rings. The Morgan fingerprint density at radius 3 is 2.90 bits per heavy atom. The van der Waals surface area contributed by atoms with Gasteiger partial charge in [0, 0.05) is 11.9 Å². The molecule has 0 radical (unpaired) electrons. The zero-order valence-corrected chi connectivity index (χ0v) is 16.3. The molecule has 6 heteroatoms. The summed E-state index contributed by atoms with van der Waals surface area (Å²) in [6, 6.07) is 11.8. The van der Waals surface area contributed by atoms with Crippen LogP contribution in [0.25, 0.3) is 39.1 Å². The van der Waals surface area contributed by atoms with Crippen molar-refractivity contribution in [3.05, 3.63) is 59.9 Å². The third kappa shape index (κ3) is 3.21. The van der Waals surface area contributed by atoms with Gasteiger partial charge < -0.3 is 15.4 Å². The molecule has 0 spiro atoms. The minimum absolute atomic E-state index is 0.299. The van der Waals surface area contributed by atoms with Crippen molar-refractivity contribution in [1.82, 2.24) is 25.5 Å². The van der Waals surface area contributed by atoms with E-state index in [-0.39, 0.29) is 0 Å². The van der Waals surface area contributed by atoms with Crippen LogP contribution in [0.5, 0.6) is 5.75 Å². The van der Waals surface area contributed by atoms with Crippen molar-refractivity contribution in [1.29, 1.82) is 0 Å². The van der Waals surface area contributed by atoms with Crippen molar-refractivity contribution in [2.45, 2.75) is 19.8 Å². The van der Waals surface area contributed by atoms with Crippen molar-refractivity contribution in [3.63, 3.8) is 0 Å². The maximum atomic E-state index is 9.78. The molecule has 0 aliphatic carbocycles. The number of fused-ring (bicyclic) bond motifs is 1. The Kier molecular flexibility index (Phi) is 4.41. The number of aromatic hydroxyl groups is 1. The lowest BCUT2D eigenvalue weighted by Gasteiger charge is -2.12. The maximum absolute atomic E-state index is 9.78. The number of phenols is 1. The topological polar surface area (TPSA) is 89.6 Å². The van der Waals surface area contributed by atoms with Crippen LogP contribution in [0.3, 0.4) is 0 Å². The molecule has 6 nitrogen and oxygen atoms in total. The van der Waals surface area contributed by atoms with Crippen molar-refractivity contribution in [3.8, 4) is 28.4 Å². The summed E-state index contributed by atoms with van der Waals surface area (Å²) in [6.45, 7) is 3.98. The number of phenolic OH excluding ortho intramolecular Hbond substituents is 1. The van der Waals surface area contributed by atoms with Crippen molar-refractivity contribution >= 4 is 16.5 Å². The molecular weight excluding hydrogens is 362 g/mol. The smallest absolute Gasteiger partial charge is 0.159 e. The first kappa shape index (κ1) is 17.7. The van der Waals surface area contributed by atoms with Crippen LogP contribution in [0.4, 0.5) is 0 Å². The highest BCUT2D eigenvalue weighted by Crippen LogP contribution is 2.32. The molecule has 0 saturated heterocycles. The maximum Gasteiger partial charge on any atom is 0.159 e. The first-order valence-corrected chi connectivity index (χ1v) is 9.99. The van der Waals surface area contributed by atoms with Crippen LogP contribution in [0.1, 0.15) is 24.6 Å². The minimum Gasteiger partial charge on any atom is -0.508 e. The number of rotatable bonds is 4. The fourth-order valence-electron chi connectivity index (χ4n) is 3.98. The first-order valence-electron chi connectivity index (χ1n) is 9.99. The number of aromatic amines is 2. The van der Waals surface area contributed by atoms with E-state index in [2.05, 4.69) is 56.7 Å². The van der Waals surface area contributed by atoms with Gasteiger partial charge in [-0.25, -0.2) is 4.98 Å². The third-order valence-corrected chi connectivity index (χ3v) is 5.52. The molecule has 29 heavy (non-hydrogen) atoms. The number of aromatic nitrogens is 4. The lowest BCUT2D eigenvalue weighted by Crippen LogP contribution is -2.21. The van der Waals surface area contributed by atoms with Gasteiger partial charge in [0.15, 0.2) is 5.82 Å². The van der Waals surface area contributed by atoms with Gasteiger partial charge in [0.2, 0.25) is 0 Å². The molecule has 0 unspecified atom stereocenters. The molecular formula is C23H23N5O. The molecule has 0 amide bonds. The van der Waals surface area contributed by atoms with Crippen molar-refractivity contribution in [2.24, 2.45) is 0 Å². The summed E-state index contributed by atoms with van der Waals surface area (Å²) in [7, 11) is 0. The Labute approximate surface area is 168 Å². The van der Waals surface area contributed by atoms with Crippen LogP contribution < -0.4 is 5.32 Å². The van der Waals surface area contributed by atoms with E-state index in [1.807, 2.05) is 18.3 Å². The second-order valence-corrected chi connectivity index (χ2v) is 7.37. The van der Waals surface area contributed by atoms with E-state index in [0.717, 1.165) is 70.7 Å². The van der Waals surface area contributed by atoms with Gasteiger partial charge in [-0.1, -0.05) is 25.1 Å². The molecule has 0 atom stereocenters. The summed E-state index contributed by atoms with van der Waals surface area (Å²) < 4.78 is 0. The Bertz CT molecular complexity index is 1220. The van der Waals surface area contributed by atoms with Gasteiger partial charge in [-0.15, -0.1) is 0 Å². The summed E-state index contributed by atoms with van der Waals surface area (Å²) in [6.07, 6.45) is 6.03. The van der Waals surface area contributed by atoms with Crippen LogP contribution in [0.15, 0.2) is 48.7 Å². The Morgan fingerprint density at radius 2 is 2.07 bits per heavy atom. The second kappa shape index (κ2) is 7.22. The predicted octanol–water partition coefficient (Wildman–Crippen LogP) is 4.26. The summed E-state index contributed by atoms with van der Waals surface area (Å²) in [5.74, 6) is 1.07. The largest absolute Gasteiger partial charge is 0.508 e. The van der Waals surface area contributed by atoms with Gasteiger partial charge in [0.1, 0.15) is 11.4 Å². The standard InChI is InChI=1S/C23H23N5O/c1-2-14-10-17(29)6-8-18(14)15-5-7-19-20(11-15)27-28-22(19)23-25-13-21(26-23)16-4-3-9-24-12-16/h4-8,10-11,13,24,29H,2-3,9,12H2,1H3,(H,25,26)(H,27,28). The number of benzene rings is 2. The predicted molar refractivity (Wildman–Crippen MR) is 116 cm³/mol. The van der Waals surface area contributed by atoms with E-state index in [1.165, 1.54) is 5.57 Å². The van der Waals surface area contributed by atoms with E-state index in [9.17, 15) is 5.11 Å². The number of hydrogen-bond donors (Lipinski definition) is 4.